The van der Waals surface area contributed by atoms with Crippen LogP contribution in [0.1, 0.15) is 18.9 Å². The van der Waals surface area contributed by atoms with Gasteiger partial charge in [-0.2, -0.15) is 0 Å². The topological polar surface area (TPSA) is 90.6 Å². The molecular weight excluding hydrogens is 350 g/mol. The average Bonchev–Trinajstić information content (AvgIpc) is 3.18. The van der Waals surface area contributed by atoms with E-state index in [2.05, 4.69) is 15.0 Å². The predicted octanol–water partition coefficient (Wildman–Crippen LogP) is 2.24. The molecule has 0 aliphatic carbocycles. The third-order valence-electron chi connectivity index (χ3n) is 4.67. The second-order valence-electron chi connectivity index (χ2n) is 6.97. The third kappa shape index (κ3) is 3.01. The van der Waals surface area contributed by atoms with Crippen LogP contribution in [0.4, 0.5) is 0 Å². The van der Waals surface area contributed by atoms with Crippen molar-refractivity contribution >= 4 is 9.84 Å². The Balaban J connectivity index is 1.89. The highest BCUT2D eigenvalue weighted by molar-refractivity contribution is 7.91. The predicted molar refractivity (Wildman–Crippen MR) is 98.1 cm³/mol. The van der Waals surface area contributed by atoms with E-state index in [0.717, 1.165) is 11.1 Å². The number of sulfone groups is 1. The average molecular weight is 369 g/mol. The molecule has 7 nitrogen and oxygen atoms in total. The van der Waals surface area contributed by atoms with Gasteiger partial charge in [0.1, 0.15) is 5.69 Å². The Labute approximate surface area is 152 Å². The largest absolute Gasteiger partial charge is 0.261 e. The van der Waals surface area contributed by atoms with Crippen molar-refractivity contribution in [1.29, 1.82) is 0 Å². The van der Waals surface area contributed by atoms with Gasteiger partial charge < -0.3 is 0 Å². The second kappa shape index (κ2) is 5.98. The SMILES string of the molecule is Cc1cccc(-c2nc(-c3cnccn3)n(C3(C)CCS(=O)(=O)C3)n2)c1. The maximum Gasteiger partial charge on any atom is 0.181 e. The smallest absolute Gasteiger partial charge is 0.181 e. The number of rotatable bonds is 3. The summed E-state index contributed by atoms with van der Waals surface area (Å²) in [6, 6.07) is 7.92. The van der Waals surface area contributed by atoms with Crippen molar-refractivity contribution in [3.8, 4) is 22.9 Å². The van der Waals surface area contributed by atoms with Crippen LogP contribution in [0.25, 0.3) is 22.9 Å². The van der Waals surface area contributed by atoms with Gasteiger partial charge in [0.05, 0.1) is 23.2 Å². The first-order chi connectivity index (χ1) is 12.4. The molecule has 0 N–H and O–H groups in total. The van der Waals surface area contributed by atoms with Crippen molar-refractivity contribution in [3.63, 3.8) is 0 Å². The lowest BCUT2D eigenvalue weighted by Gasteiger charge is -2.24. The van der Waals surface area contributed by atoms with Gasteiger partial charge in [-0.05, 0) is 26.3 Å². The number of nitrogens with zero attached hydrogens (tertiary/aromatic N) is 5. The Morgan fingerprint density at radius 2 is 2.08 bits per heavy atom. The van der Waals surface area contributed by atoms with E-state index in [-0.39, 0.29) is 11.5 Å². The molecule has 134 valence electrons. The van der Waals surface area contributed by atoms with Crippen molar-refractivity contribution in [1.82, 2.24) is 24.7 Å². The minimum absolute atomic E-state index is 0.0455. The Bertz CT molecular complexity index is 1060. The summed E-state index contributed by atoms with van der Waals surface area (Å²) in [5.41, 5.74) is 1.91. The molecule has 0 radical (unpaired) electrons. The standard InChI is InChI=1S/C18H19N5O2S/c1-13-4-3-5-14(10-13)16-21-17(15-11-19-7-8-20-15)23(22-16)18(2)6-9-26(24,25)12-18/h3-5,7-8,10-11H,6,9,12H2,1-2H3. The molecule has 0 bridgehead atoms. The van der Waals surface area contributed by atoms with Crippen LogP contribution in [-0.4, -0.2) is 44.7 Å². The van der Waals surface area contributed by atoms with E-state index in [0.29, 0.717) is 23.8 Å². The van der Waals surface area contributed by atoms with Crippen LogP contribution in [0, 0.1) is 6.92 Å². The van der Waals surface area contributed by atoms with Crippen molar-refractivity contribution in [2.24, 2.45) is 0 Å². The van der Waals surface area contributed by atoms with Crippen LogP contribution in [-0.2, 0) is 15.4 Å². The molecule has 3 aromatic rings. The zero-order valence-corrected chi connectivity index (χ0v) is 15.4. The molecule has 26 heavy (non-hydrogen) atoms. The fourth-order valence-electron chi connectivity index (χ4n) is 3.34. The van der Waals surface area contributed by atoms with Crippen molar-refractivity contribution in [3.05, 3.63) is 48.4 Å². The van der Waals surface area contributed by atoms with Gasteiger partial charge >= 0.3 is 0 Å². The van der Waals surface area contributed by atoms with Gasteiger partial charge in [0.25, 0.3) is 0 Å². The fourth-order valence-corrected chi connectivity index (χ4v) is 5.45. The Hall–Kier alpha value is -2.61. The van der Waals surface area contributed by atoms with Gasteiger partial charge in [-0.3, -0.25) is 4.98 Å². The number of aryl methyl sites for hydroxylation is 1. The molecule has 0 spiro atoms. The molecule has 0 saturated carbocycles. The fraction of sp³-hybridized carbons (Fsp3) is 0.333. The van der Waals surface area contributed by atoms with Crippen molar-refractivity contribution < 1.29 is 8.42 Å². The summed E-state index contributed by atoms with van der Waals surface area (Å²) in [6.07, 6.45) is 5.30. The molecule has 8 heteroatoms. The quantitative estimate of drug-likeness (QED) is 0.703. The number of benzene rings is 1. The summed E-state index contributed by atoms with van der Waals surface area (Å²) in [7, 11) is -3.09. The molecule has 0 amide bonds. The summed E-state index contributed by atoms with van der Waals surface area (Å²) < 4.78 is 25.9. The molecular formula is C18H19N5O2S. The van der Waals surface area contributed by atoms with Crippen LogP contribution in [0.2, 0.25) is 0 Å². The van der Waals surface area contributed by atoms with Crippen LogP contribution in [0.15, 0.2) is 42.9 Å². The first kappa shape index (κ1) is 16.8. The minimum Gasteiger partial charge on any atom is -0.261 e. The molecule has 1 fully saturated rings. The first-order valence-corrected chi connectivity index (χ1v) is 10.2. The maximum atomic E-state index is 12.1. The van der Waals surface area contributed by atoms with E-state index in [1.807, 2.05) is 38.1 Å². The summed E-state index contributed by atoms with van der Waals surface area (Å²) >= 11 is 0. The molecule has 1 aliphatic heterocycles. The summed E-state index contributed by atoms with van der Waals surface area (Å²) in [5.74, 6) is 1.29. The van der Waals surface area contributed by atoms with E-state index in [1.165, 1.54) is 0 Å². The van der Waals surface area contributed by atoms with Gasteiger partial charge in [0.2, 0.25) is 0 Å². The Morgan fingerprint density at radius 1 is 1.23 bits per heavy atom. The lowest BCUT2D eigenvalue weighted by Crippen LogP contribution is -2.33. The Kier molecular flexibility index (Phi) is 3.87. The highest BCUT2D eigenvalue weighted by Crippen LogP contribution is 2.34. The van der Waals surface area contributed by atoms with Gasteiger partial charge in [-0.1, -0.05) is 23.8 Å². The monoisotopic (exact) mass is 369 g/mol. The number of hydrogen-bond acceptors (Lipinski definition) is 6. The number of hydrogen-bond donors (Lipinski definition) is 0. The molecule has 3 heterocycles. The molecule has 1 saturated heterocycles. The maximum absolute atomic E-state index is 12.1. The van der Waals surface area contributed by atoms with Gasteiger partial charge in [-0.15, -0.1) is 5.10 Å². The molecule has 1 aromatic carbocycles. The highest BCUT2D eigenvalue weighted by atomic mass is 32.2. The molecule has 1 aliphatic rings. The van der Waals surface area contributed by atoms with E-state index in [1.54, 1.807) is 23.3 Å². The van der Waals surface area contributed by atoms with Crippen LogP contribution < -0.4 is 0 Å². The minimum atomic E-state index is -3.09. The van der Waals surface area contributed by atoms with E-state index < -0.39 is 15.4 Å². The zero-order chi connectivity index (χ0) is 18.4. The lowest BCUT2D eigenvalue weighted by atomic mass is 10.0. The lowest BCUT2D eigenvalue weighted by molar-refractivity contribution is 0.332. The van der Waals surface area contributed by atoms with Gasteiger partial charge in [0, 0.05) is 18.0 Å². The van der Waals surface area contributed by atoms with Crippen LogP contribution in [0.5, 0.6) is 0 Å². The summed E-state index contributed by atoms with van der Waals surface area (Å²) in [6.45, 7) is 3.92. The van der Waals surface area contributed by atoms with Crippen molar-refractivity contribution in [2.45, 2.75) is 25.8 Å². The molecule has 1 atom stereocenters. The molecule has 4 rings (SSSR count). The van der Waals surface area contributed by atoms with Crippen LogP contribution >= 0.6 is 0 Å². The van der Waals surface area contributed by atoms with E-state index >= 15 is 0 Å². The Morgan fingerprint density at radius 3 is 2.73 bits per heavy atom. The second-order valence-corrected chi connectivity index (χ2v) is 9.15. The molecule has 1 unspecified atom stereocenters. The highest BCUT2D eigenvalue weighted by Gasteiger charge is 2.42. The van der Waals surface area contributed by atoms with E-state index in [9.17, 15) is 8.42 Å². The van der Waals surface area contributed by atoms with E-state index in [4.69, 9.17) is 5.10 Å². The summed E-state index contributed by atoms with van der Waals surface area (Å²) in [5, 5.41) is 4.69. The molecule has 2 aromatic heterocycles. The van der Waals surface area contributed by atoms with Crippen LogP contribution in [0.3, 0.4) is 0 Å². The summed E-state index contributed by atoms with van der Waals surface area (Å²) in [4.78, 5) is 13.1. The zero-order valence-electron chi connectivity index (χ0n) is 14.6. The first-order valence-electron chi connectivity index (χ1n) is 8.38. The van der Waals surface area contributed by atoms with Crippen molar-refractivity contribution in [2.75, 3.05) is 11.5 Å². The van der Waals surface area contributed by atoms with Gasteiger partial charge in [0.15, 0.2) is 21.5 Å². The van der Waals surface area contributed by atoms with Gasteiger partial charge in [-0.25, -0.2) is 23.1 Å². The number of aromatic nitrogens is 5. The normalized spacial score (nSPS) is 21.8. The third-order valence-corrected chi connectivity index (χ3v) is 6.56.